The molecule has 2 heterocycles. The predicted molar refractivity (Wildman–Crippen MR) is 60.1 cm³/mol. The van der Waals surface area contributed by atoms with Crippen molar-refractivity contribution in [1.82, 2.24) is 9.78 Å². The maximum absolute atomic E-state index is 10.6. The minimum Gasteiger partial charge on any atom is -0.466 e. The first-order chi connectivity index (χ1) is 7.44. The second-order valence-corrected chi connectivity index (χ2v) is 4.22. The van der Waals surface area contributed by atoms with Crippen LogP contribution < -0.4 is 0 Å². The van der Waals surface area contributed by atoms with Crippen LogP contribution in [0.25, 0.3) is 0 Å². The van der Waals surface area contributed by atoms with Gasteiger partial charge in [-0.15, -0.1) is 0 Å². The van der Waals surface area contributed by atoms with Crippen molar-refractivity contribution in [3.63, 3.8) is 0 Å². The molecule has 0 spiro atoms. The second kappa shape index (κ2) is 3.49. The third-order valence-electron chi connectivity index (χ3n) is 3.00. The van der Waals surface area contributed by atoms with E-state index in [1.165, 1.54) is 0 Å². The molecule has 0 aliphatic carbocycles. The Morgan fingerprint density at radius 1 is 1.44 bits per heavy atom. The molecule has 0 aromatic carbocycles. The Bertz CT molecular complexity index is 495. The zero-order valence-corrected chi connectivity index (χ0v) is 9.98. The van der Waals surface area contributed by atoms with Crippen LogP contribution in [-0.4, -0.2) is 14.9 Å². The monoisotopic (exact) mass is 220 g/mol. The molecule has 1 N–H and O–H groups in total. The Hall–Kier alpha value is -1.55. The Morgan fingerprint density at radius 3 is 2.56 bits per heavy atom. The van der Waals surface area contributed by atoms with Gasteiger partial charge < -0.3 is 9.52 Å². The summed E-state index contributed by atoms with van der Waals surface area (Å²) < 4.78 is 7.05. The molecule has 0 radical (unpaired) electrons. The van der Waals surface area contributed by atoms with Crippen LogP contribution >= 0.6 is 0 Å². The lowest BCUT2D eigenvalue weighted by molar-refractivity contribution is 0.0754. The highest BCUT2D eigenvalue weighted by molar-refractivity contribution is 5.36. The number of aliphatic hydroxyl groups is 1. The van der Waals surface area contributed by atoms with Crippen molar-refractivity contribution in [3.8, 4) is 0 Å². The fourth-order valence-corrected chi connectivity index (χ4v) is 2.16. The molecule has 1 unspecified atom stereocenters. The normalized spacial score (nSPS) is 15.1. The molecule has 1 atom stereocenters. The molecule has 4 nitrogen and oxygen atoms in total. The van der Waals surface area contributed by atoms with Gasteiger partial charge in [-0.1, -0.05) is 0 Å². The average Bonchev–Trinajstić information content (AvgIpc) is 2.76. The van der Waals surface area contributed by atoms with E-state index in [9.17, 15) is 5.11 Å². The van der Waals surface area contributed by atoms with E-state index in [0.29, 0.717) is 5.76 Å². The topological polar surface area (TPSA) is 51.2 Å². The molecule has 0 fully saturated rings. The number of aromatic nitrogens is 2. The molecule has 0 bridgehead atoms. The number of hydrogen-bond donors (Lipinski definition) is 1. The zero-order valence-electron chi connectivity index (χ0n) is 9.98. The summed E-state index contributed by atoms with van der Waals surface area (Å²) >= 11 is 0. The largest absolute Gasteiger partial charge is 0.466 e. The first kappa shape index (κ1) is 11.0. The summed E-state index contributed by atoms with van der Waals surface area (Å²) in [6.45, 7) is 5.55. The summed E-state index contributed by atoms with van der Waals surface area (Å²) in [7, 11) is 1.87. The smallest absolute Gasteiger partial charge is 0.148 e. The molecular weight excluding hydrogens is 204 g/mol. The van der Waals surface area contributed by atoms with Crippen LogP contribution in [0.15, 0.2) is 22.8 Å². The van der Waals surface area contributed by atoms with Gasteiger partial charge in [0.25, 0.3) is 0 Å². The van der Waals surface area contributed by atoms with Crippen LogP contribution in [-0.2, 0) is 12.6 Å². The van der Waals surface area contributed by atoms with Crippen molar-refractivity contribution >= 4 is 0 Å². The molecule has 4 heteroatoms. The molecule has 2 rings (SSSR count). The van der Waals surface area contributed by atoms with Crippen molar-refractivity contribution in [2.75, 3.05) is 0 Å². The highest BCUT2D eigenvalue weighted by Crippen LogP contribution is 2.33. The molecule has 16 heavy (non-hydrogen) atoms. The highest BCUT2D eigenvalue weighted by atomic mass is 16.4. The molecule has 0 amide bonds. The SMILES string of the molecule is Cc1nn(C)c(C)c1C(C)(O)c1ccco1. The predicted octanol–water partition coefficient (Wildman–Crippen LogP) is 1.89. The summed E-state index contributed by atoms with van der Waals surface area (Å²) in [5.74, 6) is 0.534. The Morgan fingerprint density at radius 2 is 2.12 bits per heavy atom. The van der Waals surface area contributed by atoms with Gasteiger partial charge in [0, 0.05) is 18.3 Å². The molecule has 2 aromatic heterocycles. The fourth-order valence-electron chi connectivity index (χ4n) is 2.16. The first-order valence-corrected chi connectivity index (χ1v) is 5.21. The van der Waals surface area contributed by atoms with E-state index < -0.39 is 5.60 Å². The van der Waals surface area contributed by atoms with Crippen LogP contribution in [0.3, 0.4) is 0 Å². The first-order valence-electron chi connectivity index (χ1n) is 5.21. The molecule has 0 saturated heterocycles. The summed E-state index contributed by atoms with van der Waals surface area (Å²) in [4.78, 5) is 0. The van der Waals surface area contributed by atoms with Gasteiger partial charge in [0.2, 0.25) is 0 Å². The van der Waals surface area contributed by atoms with Gasteiger partial charge in [0.1, 0.15) is 11.4 Å². The second-order valence-electron chi connectivity index (χ2n) is 4.22. The minimum atomic E-state index is -1.13. The van der Waals surface area contributed by atoms with Gasteiger partial charge in [-0.3, -0.25) is 4.68 Å². The maximum atomic E-state index is 10.6. The van der Waals surface area contributed by atoms with E-state index in [2.05, 4.69) is 5.10 Å². The standard InChI is InChI=1S/C12H16N2O2/c1-8-11(9(2)14(4)13-8)12(3,15)10-6-5-7-16-10/h5-7,15H,1-4H3. The quantitative estimate of drug-likeness (QED) is 0.840. The van der Waals surface area contributed by atoms with Crippen LogP contribution in [0.5, 0.6) is 0 Å². The molecule has 2 aromatic rings. The van der Waals surface area contributed by atoms with Crippen LogP contribution in [0.1, 0.15) is 29.6 Å². The molecule has 0 saturated carbocycles. The number of rotatable bonds is 2. The fraction of sp³-hybridized carbons (Fsp3) is 0.417. The van der Waals surface area contributed by atoms with Crippen molar-refractivity contribution in [3.05, 3.63) is 41.1 Å². The van der Waals surface area contributed by atoms with Gasteiger partial charge in [-0.05, 0) is 32.9 Å². The van der Waals surface area contributed by atoms with Gasteiger partial charge >= 0.3 is 0 Å². The molecule has 86 valence electrons. The third-order valence-corrected chi connectivity index (χ3v) is 3.00. The summed E-state index contributed by atoms with van der Waals surface area (Å²) in [6, 6.07) is 3.54. The van der Waals surface area contributed by atoms with E-state index >= 15 is 0 Å². The van der Waals surface area contributed by atoms with Gasteiger partial charge in [0.05, 0.1) is 12.0 Å². The van der Waals surface area contributed by atoms with E-state index in [4.69, 9.17) is 4.42 Å². The number of nitrogens with zero attached hydrogens (tertiary/aromatic N) is 2. The van der Waals surface area contributed by atoms with E-state index in [1.54, 1.807) is 30.0 Å². The molecular formula is C12H16N2O2. The lowest BCUT2D eigenvalue weighted by atomic mass is 9.91. The van der Waals surface area contributed by atoms with Crippen LogP contribution in [0.2, 0.25) is 0 Å². The van der Waals surface area contributed by atoms with E-state index in [1.807, 2.05) is 20.9 Å². The van der Waals surface area contributed by atoms with Gasteiger partial charge in [-0.2, -0.15) is 5.10 Å². The van der Waals surface area contributed by atoms with E-state index in [-0.39, 0.29) is 0 Å². The lowest BCUT2D eigenvalue weighted by Crippen LogP contribution is -2.23. The molecule has 0 aliphatic rings. The van der Waals surface area contributed by atoms with Crippen molar-refractivity contribution in [2.45, 2.75) is 26.4 Å². The lowest BCUT2D eigenvalue weighted by Gasteiger charge is -2.21. The zero-order chi connectivity index (χ0) is 11.9. The summed E-state index contributed by atoms with van der Waals surface area (Å²) in [6.07, 6.45) is 1.56. The van der Waals surface area contributed by atoms with Crippen LogP contribution in [0, 0.1) is 13.8 Å². The molecule has 0 aliphatic heterocycles. The maximum Gasteiger partial charge on any atom is 0.148 e. The minimum absolute atomic E-state index is 0.534. The summed E-state index contributed by atoms with van der Waals surface area (Å²) in [5.41, 5.74) is 1.44. The van der Waals surface area contributed by atoms with Gasteiger partial charge in [-0.25, -0.2) is 0 Å². The number of furan rings is 1. The average molecular weight is 220 g/mol. The number of aryl methyl sites for hydroxylation is 2. The van der Waals surface area contributed by atoms with Crippen molar-refractivity contribution in [1.29, 1.82) is 0 Å². The third kappa shape index (κ3) is 1.46. The van der Waals surface area contributed by atoms with Crippen LogP contribution in [0.4, 0.5) is 0 Å². The Balaban J connectivity index is 2.59. The highest BCUT2D eigenvalue weighted by Gasteiger charge is 2.34. The Kier molecular flexibility index (Phi) is 2.39. The van der Waals surface area contributed by atoms with E-state index in [0.717, 1.165) is 17.0 Å². The Labute approximate surface area is 94.5 Å². The van der Waals surface area contributed by atoms with Crippen molar-refractivity contribution in [2.24, 2.45) is 7.05 Å². The van der Waals surface area contributed by atoms with Gasteiger partial charge in [0.15, 0.2) is 0 Å². The van der Waals surface area contributed by atoms with Crippen molar-refractivity contribution < 1.29 is 9.52 Å². The number of hydrogen-bond acceptors (Lipinski definition) is 3. The summed E-state index contributed by atoms with van der Waals surface area (Å²) in [5, 5.41) is 14.9.